The van der Waals surface area contributed by atoms with Gasteiger partial charge < -0.3 is 10.3 Å². The molecule has 0 aliphatic heterocycles. The molecule has 2 aromatic carbocycles. The highest BCUT2D eigenvalue weighted by Gasteiger charge is 2.14. The molecular weight excluding hydrogens is 334 g/mol. The van der Waals surface area contributed by atoms with Crippen molar-refractivity contribution in [2.24, 2.45) is 0 Å². The van der Waals surface area contributed by atoms with E-state index in [-0.39, 0.29) is 5.57 Å². The number of rotatable bonds is 3. The Hall–Kier alpha value is -3.03. The summed E-state index contributed by atoms with van der Waals surface area (Å²) in [7, 11) is 0. The minimum absolute atomic E-state index is 0.0345. The number of para-hydroxylation sites is 1. The van der Waals surface area contributed by atoms with Crippen molar-refractivity contribution in [1.29, 1.82) is 5.26 Å². The number of fused-ring (bicyclic) bond motifs is 1. The van der Waals surface area contributed by atoms with Gasteiger partial charge in [-0.2, -0.15) is 5.26 Å². The lowest BCUT2D eigenvalue weighted by molar-refractivity contribution is -0.112. The number of H-pyrrole nitrogens is 1. The highest BCUT2D eigenvalue weighted by atomic mass is 35.5. The third-order valence-electron chi connectivity index (χ3n) is 4.11. The zero-order chi connectivity index (χ0) is 18.0. The summed E-state index contributed by atoms with van der Waals surface area (Å²) >= 11 is 6.08. The Morgan fingerprint density at radius 2 is 1.96 bits per heavy atom. The van der Waals surface area contributed by atoms with Crippen LogP contribution in [0.25, 0.3) is 17.0 Å². The molecule has 3 aromatic rings. The highest BCUT2D eigenvalue weighted by molar-refractivity contribution is 6.31. The first-order valence-corrected chi connectivity index (χ1v) is 8.14. The van der Waals surface area contributed by atoms with Crippen molar-refractivity contribution in [2.45, 2.75) is 13.8 Å². The predicted molar refractivity (Wildman–Crippen MR) is 101 cm³/mol. The summed E-state index contributed by atoms with van der Waals surface area (Å²) in [5.41, 5.74) is 4.10. The number of nitriles is 1. The number of amides is 1. The molecule has 0 aliphatic rings. The quantitative estimate of drug-likeness (QED) is 0.517. The molecule has 2 N–H and O–H groups in total. The van der Waals surface area contributed by atoms with E-state index in [1.165, 1.54) is 0 Å². The summed E-state index contributed by atoms with van der Waals surface area (Å²) in [6, 6.07) is 15.0. The molecule has 0 unspecified atom stereocenters. The third kappa shape index (κ3) is 3.28. The van der Waals surface area contributed by atoms with Crippen LogP contribution >= 0.6 is 11.6 Å². The molecule has 0 spiro atoms. The van der Waals surface area contributed by atoms with Gasteiger partial charge in [-0.05, 0) is 43.7 Å². The van der Waals surface area contributed by atoms with E-state index in [9.17, 15) is 10.1 Å². The summed E-state index contributed by atoms with van der Waals surface area (Å²) < 4.78 is 0. The average Bonchev–Trinajstić information content (AvgIpc) is 2.92. The normalized spacial score (nSPS) is 11.4. The van der Waals surface area contributed by atoms with Gasteiger partial charge in [0.05, 0.1) is 0 Å². The second kappa shape index (κ2) is 6.84. The second-order valence-corrected chi connectivity index (χ2v) is 6.15. The number of anilines is 1. The summed E-state index contributed by atoms with van der Waals surface area (Å²) in [6.07, 6.45) is 1.61. The fraction of sp³-hybridized carbons (Fsp3) is 0.100. The summed E-state index contributed by atoms with van der Waals surface area (Å²) in [6.45, 7) is 3.73. The lowest BCUT2D eigenvalue weighted by Gasteiger charge is -2.09. The van der Waals surface area contributed by atoms with Crippen LogP contribution in [0, 0.1) is 25.2 Å². The Bertz CT molecular complexity index is 1040. The number of carbonyl (C=O) groups is 1. The molecule has 0 saturated heterocycles. The molecule has 0 bridgehead atoms. The number of hydrogen-bond donors (Lipinski definition) is 2. The van der Waals surface area contributed by atoms with E-state index in [4.69, 9.17) is 11.6 Å². The van der Waals surface area contributed by atoms with Crippen molar-refractivity contribution in [3.63, 3.8) is 0 Å². The Labute approximate surface area is 150 Å². The van der Waals surface area contributed by atoms with Gasteiger partial charge in [-0.25, -0.2) is 0 Å². The maximum atomic E-state index is 12.5. The number of benzene rings is 2. The van der Waals surface area contributed by atoms with Gasteiger partial charge in [-0.15, -0.1) is 0 Å². The van der Waals surface area contributed by atoms with Crippen LogP contribution < -0.4 is 5.32 Å². The number of nitrogens with zero attached hydrogens (tertiary/aromatic N) is 1. The molecule has 0 saturated carbocycles. The van der Waals surface area contributed by atoms with Crippen molar-refractivity contribution in [3.05, 3.63) is 69.9 Å². The van der Waals surface area contributed by atoms with Crippen LogP contribution in [0.2, 0.25) is 5.02 Å². The fourth-order valence-corrected chi connectivity index (χ4v) is 2.88. The van der Waals surface area contributed by atoms with Gasteiger partial charge in [0.1, 0.15) is 11.6 Å². The summed E-state index contributed by atoms with van der Waals surface area (Å²) in [5.74, 6) is -0.461. The third-order valence-corrected chi connectivity index (χ3v) is 4.52. The van der Waals surface area contributed by atoms with Crippen molar-refractivity contribution in [3.8, 4) is 6.07 Å². The van der Waals surface area contributed by atoms with Gasteiger partial charge in [0.15, 0.2) is 0 Å². The van der Waals surface area contributed by atoms with Gasteiger partial charge in [0.25, 0.3) is 5.91 Å². The van der Waals surface area contributed by atoms with Crippen LogP contribution in [-0.4, -0.2) is 10.9 Å². The predicted octanol–water partition coefficient (Wildman–Crippen LogP) is 4.98. The molecular formula is C20H16ClN3O. The SMILES string of the molecule is Cc1[nH]c2ccccc2c1C=C(C#N)C(=O)Nc1cccc(Cl)c1C. The number of hydrogen-bond acceptors (Lipinski definition) is 2. The lowest BCUT2D eigenvalue weighted by atomic mass is 10.1. The summed E-state index contributed by atoms with van der Waals surface area (Å²) in [4.78, 5) is 15.8. The first kappa shape index (κ1) is 16.8. The topological polar surface area (TPSA) is 68.7 Å². The van der Waals surface area contributed by atoms with E-state index in [0.29, 0.717) is 10.7 Å². The Kier molecular flexibility index (Phi) is 4.60. The van der Waals surface area contributed by atoms with E-state index in [0.717, 1.165) is 27.7 Å². The van der Waals surface area contributed by atoms with Crippen LogP contribution in [0.3, 0.4) is 0 Å². The second-order valence-electron chi connectivity index (χ2n) is 5.75. The monoisotopic (exact) mass is 349 g/mol. The first-order valence-electron chi connectivity index (χ1n) is 7.77. The molecule has 1 aromatic heterocycles. The van der Waals surface area contributed by atoms with E-state index < -0.39 is 5.91 Å². The van der Waals surface area contributed by atoms with Gasteiger partial charge in [-0.1, -0.05) is 35.9 Å². The van der Waals surface area contributed by atoms with E-state index in [1.54, 1.807) is 24.3 Å². The number of aromatic amines is 1. The maximum absolute atomic E-state index is 12.5. The molecule has 124 valence electrons. The van der Waals surface area contributed by atoms with Crippen molar-refractivity contribution >= 4 is 40.2 Å². The number of aromatic nitrogens is 1. The minimum atomic E-state index is -0.461. The first-order chi connectivity index (χ1) is 12.0. The van der Waals surface area contributed by atoms with Crippen LogP contribution in [0.4, 0.5) is 5.69 Å². The van der Waals surface area contributed by atoms with Crippen molar-refractivity contribution in [1.82, 2.24) is 4.98 Å². The van der Waals surface area contributed by atoms with Crippen LogP contribution in [0.1, 0.15) is 16.8 Å². The van der Waals surface area contributed by atoms with E-state index in [1.807, 2.05) is 44.2 Å². The molecule has 0 fully saturated rings. The van der Waals surface area contributed by atoms with Crippen LogP contribution in [-0.2, 0) is 4.79 Å². The average molecular weight is 350 g/mol. The van der Waals surface area contributed by atoms with E-state index >= 15 is 0 Å². The molecule has 5 heteroatoms. The largest absolute Gasteiger partial charge is 0.358 e. The number of halogens is 1. The number of carbonyl (C=O) groups excluding carboxylic acids is 1. The minimum Gasteiger partial charge on any atom is -0.358 e. The number of aryl methyl sites for hydroxylation is 1. The molecule has 25 heavy (non-hydrogen) atoms. The van der Waals surface area contributed by atoms with Gasteiger partial charge in [0.2, 0.25) is 0 Å². The van der Waals surface area contributed by atoms with Gasteiger partial charge in [0, 0.05) is 32.9 Å². The lowest BCUT2D eigenvalue weighted by Crippen LogP contribution is -2.14. The Balaban J connectivity index is 1.97. The molecule has 1 amide bonds. The Morgan fingerprint density at radius 1 is 1.20 bits per heavy atom. The van der Waals surface area contributed by atoms with Crippen LogP contribution in [0.15, 0.2) is 48.0 Å². The zero-order valence-corrected chi connectivity index (χ0v) is 14.6. The standard InChI is InChI=1S/C20H16ClN3O/c1-12-17(21)7-5-9-18(12)24-20(25)14(11-22)10-16-13(2)23-19-8-4-3-6-15(16)19/h3-10,23H,1-2H3,(H,24,25). The van der Waals surface area contributed by atoms with Gasteiger partial charge >= 0.3 is 0 Å². The molecule has 4 nitrogen and oxygen atoms in total. The maximum Gasteiger partial charge on any atom is 0.266 e. The zero-order valence-electron chi connectivity index (χ0n) is 13.9. The number of nitrogens with one attached hydrogen (secondary N) is 2. The smallest absolute Gasteiger partial charge is 0.266 e. The van der Waals surface area contributed by atoms with Crippen molar-refractivity contribution in [2.75, 3.05) is 5.32 Å². The molecule has 0 atom stereocenters. The highest BCUT2D eigenvalue weighted by Crippen LogP contribution is 2.26. The van der Waals surface area contributed by atoms with Crippen molar-refractivity contribution < 1.29 is 4.79 Å². The van der Waals surface area contributed by atoms with Gasteiger partial charge in [-0.3, -0.25) is 4.79 Å². The van der Waals surface area contributed by atoms with E-state index in [2.05, 4.69) is 10.3 Å². The molecule has 3 rings (SSSR count). The molecule has 0 radical (unpaired) electrons. The Morgan fingerprint density at radius 3 is 2.72 bits per heavy atom. The molecule has 0 aliphatic carbocycles. The van der Waals surface area contributed by atoms with Crippen LogP contribution in [0.5, 0.6) is 0 Å². The summed E-state index contributed by atoms with van der Waals surface area (Å²) in [5, 5.41) is 13.7. The fourth-order valence-electron chi connectivity index (χ4n) is 2.71. The molecule has 1 heterocycles.